The van der Waals surface area contributed by atoms with Crippen molar-refractivity contribution in [3.63, 3.8) is 0 Å². The molecule has 118 valence electrons. The number of carbonyl (C=O) groups is 2. The number of aromatic nitrogens is 1. The SMILES string of the molecule is COc1ccc(NC(=O)C(C#N)C(=O)c2cc(Cl)cn2C)cc1. The molecule has 23 heavy (non-hydrogen) atoms. The summed E-state index contributed by atoms with van der Waals surface area (Å²) < 4.78 is 6.50. The molecule has 0 aliphatic rings. The molecule has 1 unspecified atom stereocenters. The minimum Gasteiger partial charge on any atom is -0.497 e. The van der Waals surface area contributed by atoms with Gasteiger partial charge in [0.15, 0.2) is 5.92 Å². The first-order valence-electron chi connectivity index (χ1n) is 6.67. The average Bonchev–Trinajstić information content (AvgIpc) is 2.87. The van der Waals surface area contributed by atoms with E-state index in [-0.39, 0.29) is 5.69 Å². The van der Waals surface area contributed by atoms with E-state index in [1.54, 1.807) is 37.4 Å². The van der Waals surface area contributed by atoms with Crippen LogP contribution in [0.2, 0.25) is 5.02 Å². The standard InChI is InChI=1S/C16H14ClN3O3/c1-20-9-10(17)7-14(20)15(21)13(8-18)16(22)19-11-3-5-12(23-2)6-4-11/h3-7,9,13H,1-2H3,(H,19,22). The summed E-state index contributed by atoms with van der Waals surface area (Å²) in [6, 6.07) is 9.73. The zero-order valence-corrected chi connectivity index (χ0v) is 13.3. The molecule has 0 aliphatic carbocycles. The molecule has 0 saturated carbocycles. The Morgan fingerprint density at radius 1 is 1.35 bits per heavy atom. The van der Waals surface area contributed by atoms with Crippen LogP contribution in [-0.4, -0.2) is 23.4 Å². The first-order valence-corrected chi connectivity index (χ1v) is 7.04. The maximum absolute atomic E-state index is 12.4. The van der Waals surface area contributed by atoms with Crippen LogP contribution < -0.4 is 10.1 Å². The molecule has 6 nitrogen and oxygen atoms in total. The molecule has 0 fully saturated rings. The number of rotatable bonds is 5. The van der Waals surface area contributed by atoms with E-state index in [1.807, 2.05) is 0 Å². The molecule has 1 aromatic carbocycles. The molecule has 0 radical (unpaired) electrons. The highest BCUT2D eigenvalue weighted by molar-refractivity contribution is 6.31. The number of hydrogen-bond donors (Lipinski definition) is 1. The Bertz CT molecular complexity index is 775. The van der Waals surface area contributed by atoms with E-state index in [1.165, 1.54) is 23.9 Å². The zero-order chi connectivity index (χ0) is 17.0. The van der Waals surface area contributed by atoms with Gasteiger partial charge < -0.3 is 14.6 Å². The number of ether oxygens (including phenoxy) is 1. The van der Waals surface area contributed by atoms with Gasteiger partial charge in [0.05, 0.1) is 23.9 Å². The third kappa shape index (κ3) is 3.71. The van der Waals surface area contributed by atoms with Crippen LogP contribution in [0.1, 0.15) is 10.5 Å². The third-order valence-electron chi connectivity index (χ3n) is 3.24. The van der Waals surface area contributed by atoms with Gasteiger partial charge in [-0.25, -0.2) is 0 Å². The first kappa shape index (κ1) is 16.6. The van der Waals surface area contributed by atoms with Crippen molar-refractivity contribution >= 4 is 29.0 Å². The molecule has 0 bridgehead atoms. The number of benzene rings is 1. The number of methoxy groups -OCH3 is 1. The Balaban J connectivity index is 2.16. The number of carbonyl (C=O) groups excluding carboxylic acids is 2. The normalized spacial score (nSPS) is 11.4. The fourth-order valence-electron chi connectivity index (χ4n) is 2.04. The largest absolute Gasteiger partial charge is 0.497 e. The summed E-state index contributed by atoms with van der Waals surface area (Å²) in [5, 5.41) is 12.1. The number of amides is 1. The van der Waals surface area contributed by atoms with Crippen LogP contribution in [0.3, 0.4) is 0 Å². The van der Waals surface area contributed by atoms with E-state index in [9.17, 15) is 14.9 Å². The highest BCUT2D eigenvalue weighted by atomic mass is 35.5. The molecule has 0 saturated heterocycles. The Kier molecular flexibility index (Phi) is 5.04. The number of Topliss-reactive ketones (excluding diaryl/α,β-unsaturated/α-hetero) is 1. The Morgan fingerprint density at radius 2 is 2.00 bits per heavy atom. The van der Waals surface area contributed by atoms with Crippen LogP contribution in [0, 0.1) is 17.2 Å². The van der Waals surface area contributed by atoms with Crippen LogP contribution in [-0.2, 0) is 11.8 Å². The predicted molar refractivity (Wildman–Crippen MR) is 85.5 cm³/mol. The Hall–Kier alpha value is -2.78. The summed E-state index contributed by atoms with van der Waals surface area (Å²) in [4.78, 5) is 24.6. The molecule has 2 rings (SSSR count). The van der Waals surface area contributed by atoms with E-state index in [2.05, 4.69) is 5.32 Å². The molecule has 1 aromatic heterocycles. The van der Waals surface area contributed by atoms with Crippen LogP contribution >= 0.6 is 11.6 Å². The molecule has 7 heteroatoms. The van der Waals surface area contributed by atoms with Crippen molar-refractivity contribution in [3.8, 4) is 11.8 Å². The van der Waals surface area contributed by atoms with E-state index in [4.69, 9.17) is 16.3 Å². The number of halogens is 1. The fraction of sp³-hybridized carbons (Fsp3) is 0.188. The van der Waals surface area contributed by atoms with Gasteiger partial charge in [-0.2, -0.15) is 5.26 Å². The maximum Gasteiger partial charge on any atom is 0.249 e. The lowest BCUT2D eigenvalue weighted by Crippen LogP contribution is -2.29. The molecule has 1 N–H and O–H groups in total. The minimum absolute atomic E-state index is 0.200. The molecule has 0 spiro atoms. The van der Waals surface area contributed by atoms with Crippen molar-refractivity contribution in [2.75, 3.05) is 12.4 Å². The number of nitriles is 1. The monoisotopic (exact) mass is 331 g/mol. The number of nitrogens with zero attached hydrogens (tertiary/aromatic N) is 2. The van der Waals surface area contributed by atoms with E-state index in [0.29, 0.717) is 16.5 Å². The maximum atomic E-state index is 12.4. The highest BCUT2D eigenvalue weighted by Crippen LogP contribution is 2.19. The number of aryl methyl sites for hydroxylation is 1. The zero-order valence-electron chi connectivity index (χ0n) is 12.5. The second-order valence-corrected chi connectivity index (χ2v) is 5.24. The summed E-state index contributed by atoms with van der Waals surface area (Å²) >= 11 is 5.83. The van der Waals surface area contributed by atoms with Crippen LogP contribution in [0.15, 0.2) is 36.5 Å². The molecular weight excluding hydrogens is 318 g/mol. The Morgan fingerprint density at radius 3 is 2.48 bits per heavy atom. The van der Waals surface area contributed by atoms with Crippen LogP contribution in [0.25, 0.3) is 0 Å². The van der Waals surface area contributed by atoms with E-state index >= 15 is 0 Å². The van der Waals surface area contributed by atoms with Gasteiger partial charge in [-0.3, -0.25) is 9.59 Å². The summed E-state index contributed by atoms with van der Waals surface area (Å²) in [6.07, 6.45) is 1.53. The van der Waals surface area contributed by atoms with Crippen molar-refractivity contribution in [2.45, 2.75) is 0 Å². The van der Waals surface area contributed by atoms with Gasteiger partial charge in [0.2, 0.25) is 11.7 Å². The first-order chi connectivity index (χ1) is 11.0. The molecule has 1 heterocycles. The summed E-state index contributed by atoms with van der Waals surface area (Å²) in [7, 11) is 3.15. The second kappa shape index (κ2) is 6.99. The van der Waals surface area contributed by atoms with Gasteiger partial charge in [0.25, 0.3) is 0 Å². The van der Waals surface area contributed by atoms with Crippen molar-refractivity contribution in [1.29, 1.82) is 5.26 Å². The van der Waals surface area contributed by atoms with Gasteiger partial charge in [-0.1, -0.05) is 11.6 Å². The predicted octanol–water partition coefficient (Wildman–Crippen LogP) is 2.65. The van der Waals surface area contributed by atoms with Crippen molar-refractivity contribution in [2.24, 2.45) is 13.0 Å². The third-order valence-corrected chi connectivity index (χ3v) is 3.44. The molecule has 1 amide bonds. The van der Waals surface area contributed by atoms with Gasteiger partial charge >= 0.3 is 0 Å². The fourth-order valence-corrected chi connectivity index (χ4v) is 2.29. The lowest BCUT2D eigenvalue weighted by molar-refractivity contribution is -0.117. The van der Waals surface area contributed by atoms with Gasteiger partial charge in [0.1, 0.15) is 5.75 Å². The summed E-state index contributed by atoms with van der Waals surface area (Å²) in [5.74, 6) is -2.12. The second-order valence-electron chi connectivity index (χ2n) is 4.80. The average molecular weight is 332 g/mol. The molecule has 2 aromatic rings. The lowest BCUT2D eigenvalue weighted by atomic mass is 10.0. The highest BCUT2D eigenvalue weighted by Gasteiger charge is 2.29. The van der Waals surface area contributed by atoms with Gasteiger partial charge in [-0.05, 0) is 30.3 Å². The molecular formula is C16H14ClN3O3. The number of hydrogen-bond acceptors (Lipinski definition) is 4. The topological polar surface area (TPSA) is 84.1 Å². The minimum atomic E-state index is -1.46. The van der Waals surface area contributed by atoms with Crippen molar-refractivity contribution < 1.29 is 14.3 Å². The Labute approximate surface area is 138 Å². The van der Waals surface area contributed by atoms with E-state index in [0.717, 1.165) is 0 Å². The number of ketones is 1. The van der Waals surface area contributed by atoms with Crippen LogP contribution in [0.5, 0.6) is 5.75 Å². The van der Waals surface area contributed by atoms with Crippen LogP contribution in [0.4, 0.5) is 5.69 Å². The smallest absolute Gasteiger partial charge is 0.249 e. The van der Waals surface area contributed by atoms with Crippen molar-refractivity contribution in [1.82, 2.24) is 4.57 Å². The quantitative estimate of drug-likeness (QED) is 0.674. The molecule has 0 aliphatic heterocycles. The summed E-state index contributed by atoms with van der Waals surface area (Å²) in [6.45, 7) is 0. The molecule has 1 atom stereocenters. The van der Waals surface area contributed by atoms with Gasteiger partial charge in [-0.15, -0.1) is 0 Å². The van der Waals surface area contributed by atoms with Gasteiger partial charge in [0, 0.05) is 18.9 Å². The number of nitrogens with one attached hydrogen (secondary N) is 1. The number of anilines is 1. The van der Waals surface area contributed by atoms with E-state index < -0.39 is 17.6 Å². The lowest BCUT2D eigenvalue weighted by Gasteiger charge is -2.10. The summed E-state index contributed by atoms with van der Waals surface area (Å²) in [5.41, 5.74) is 0.667. The van der Waals surface area contributed by atoms with Crippen molar-refractivity contribution in [3.05, 3.63) is 47.2 Å².